The molecule has 3 N–H and O–H groups in total. The predicted molar refractivity (Wildman–Crippen MR) is 227 cm³/mol. The van der Waals surface area contributed by atoms with Gasteiger partial charge in [0.1, 0.15) is 22.8 Å². The monoisotopic (exact) mass is 873 g/mol. The van der Waals surface area contributed by atoms with Gasteiger partial charge in [-0.25, -0.2) is 17.9 Å². The molecule has 6 amide bonds. The number of hydrogen-bond donors (Lipinski definition) is 3. The first-order valence-electron chi connectivity index (χ1n) is 20.7. The summed E-state index contributed by atoms with van der Waals surface area (Å²) in [5.41, 5.74) is 4.96. The molecule has 1 atom stereocenters. The average molecular weight is 874 g/mol. The topological polar surface area (TPSA) is 212 Å². The van der Waals surface area contributed by atoms with E-state index in [0.29, 0.717) is 82.4 Å². The van der Waals surface area contributed by atoms with E-state index in [9.17, 15) is 37.2 Å². The highest BCUT2D eigenvalue weighted by Crippen LogP contribution is 2.39. The third kappa shape index (κ3) is 8.02. The van der Waals surface area contributed by atoms with Crippen LogP contribution in [-0.2, 0) is 46.2 Å². The van der Waals surface area contributed by atoms with E-state index in [1.165, 1.54) is 4.57 Å². The molecule has 0 bridgehead atoms. The standard InChI is InChI=1S/C42H51N9O10S/c1-43-42(57)50-11-9-28-31(22-46(2)39(54)32(28)24-50)25-17-35(60-3)33(36(18-25)61-4)23-48-20-27(21-48)62(58,59)44-10-12-47-13-15-49(16-14-47)26-5-6-29-30(19-26)41(56)51(40(29)55)34-7-8-37(52)45-38(34)53/h5-6,17-19,22,27,34,44H,7-16,20-21,23-24H2,1-4H3,(H,43,57)(H,45,52,53). The summed E-state index contributed by atoms with van der Waals surface area (Å²) in [6.07, 6.45) is 2.46. The van der Waals surface area contributed by atoms with Crippen molar-refractivity contribution in [2.75, 3.05) is 85.1 Å². The number of hydrogen-bond acceptors (Lipinski definition) is 13. The molecule has 19 nitrogen and oxygen atoms in total. The summed E-state index contributed by atoms with van der Waals surface area (Å²) in [5, 5.41) is 4.27. The number of nitrogens with zero attached hydrogens (tertiary/aromatic N) is 6. The van der Waals surface area contributed by atoms with Gasteiger partial charge in [-0.15, -0.1) is 0 Å². The number of urea groups is 1. The van der Waals surface area contributed by atoms with Gasteiger partial charge in [0.15, 0.2) is 0 Å². The van der Waals surface area contributed by atoms with E-state index in [4.69, 9.17) is 9.47 Å². The fourth-order valence-electron chi connectivity index (χ4n) is 9.10. The van der Waals surface area contributed by atoms with Gasteiger partial charge < -0.3 is 29.2 Å². The van der Waals surface area contributed by atoms with Gasteiger partial charge in [0.25, 0.3) is 17.4 Å². The number of anilines is 1. The van der Waals surface area contributed by atoms with Crippen molar-refractivity contribution in [3.05, 3.63) is 74.7 Å². The maximum Gasteiger partial charge on any atom is 0.317 e. The van der Waals surface area contributed by atoms with Gasteiger partial charge in [0, 0.05) is 109 Å². The van der Waals surface area contributed by atoms with Gasteiger partial charge in [-0.1, -0.05) is 0 Å². The molecule has 0 radical (unpaired) electrons. The van der Waals surface area contributed by atoms with Gasteiger partial charge in [0.2, 0.25) is 21.8 Å². The Bertz CT molecular complexity index is 2490. The normalized spacial score (nSPS) is 19.9. The SMILES string of the molecule is CNC(=O)N1CCc2c(-c3cc(OC)c(CN4CC(S(=O)(=O)NCCN5CCN(c6ccc7c(c6)C(=O)N(C6CCC(=O)NC6=O)C7=O)CC5)C4)c(OC)c3)cn(C)c(=O)c2C1. The number of benzene rings is 2. The molecule has 0 aliphatic carbocycles. The Kier molecular flexibility index (Phi) is 11.8. The second kappa shape index (κ2) is 17.1. The number of methoxy groups -OCH3 is 2. The number of fused-ring (bicyclic) bond motifs is 2. The second-order valence-corrected chi connectivity index (χ2v) is 18.3. The summed E-state index contributed by atoms with van der Waals surface area (Å²) in [7, 11) is 2.81. The van der Waals surface area contributed by atoms with Crippen LogP contribution in [0.2, 0.25) is 0 Å². The van der Waals surface area contributed by atoms with Crippen LogP contribution in [0.1, 0.15) is 50.2 Å². The largest absolute Gasteiger partial charge is 0.496 e. The van der Waals surface area contributed by atoms with Gasteiger partial charge >= 0.3 is 6.03 Å². The van der Waals surface area contributed by atoms with E-state index in [-0.39, 0.29) is 48.6 Å². The maximum atomic E-state index is 13.3. The zero-order valence-electron chi connectivity index (χ0n) is 35.2. The highest BCUT2D eigenvalue weighted by molar-refractivity contribution is 7.90. The van der Waals surface area contributed by atoms with Crippen molar-refractivity contribution in [3.63, 3.8) is 0 Å². The lowest BCUT2D eigenvalue weighted by Gasteiger charge is -2.39. The summed E-state index contributed by atoms with van der Waals surface area (Å²) in [6, 6.07) is 7.64. The molecular weight excluding hydrogens is 823 g/mol. The van der Waals surface area contributed by atoms with Crippen molar-refractivity contribution < 1.29 is 41.9 Å². The number of carbonyl (C=O) groups excluding carboxylic acids is 5. The first kappa shape index (κ1) is 42.8. The van der Waals surface area contributed by atoms with Crippen LogP contribution in [0.25, 0.3) is 11.1 Å². The third-order valence-corrected chi connectivity index (χ3v) is 14.4. The number of ether oxygens (including phenoxy) is 2. The van der Waals surface area contributed by atoms with Crippen molar-refractivity contribution >= 4 is 45.4 Å². The lowest BCUT2D eigenvalue weighted by Crippen LogP contribution is -2.57. The first-order chi connectivity index (χ1) is 29.7. The number of aryl methyl sites for hydroxylation is 1. The molecule has 3 aromatic rings. The van der Waals surface area contributed by atoms with Gasteiger partial charge in [-0.2, -0.15) is 0 Å². The van der Waals surface area contributed by atoms with E-state index < -0.39 is 44.9 Å². The van der Waals surface area contributed by atoms with E-state index in [1.54, 1.807) is 57.6 Å². The molecule has 5 aliphatic heterocycles. The molecule has 3 saturated heterocycles. The Morgan fingerprint density at radius 2 is 1.55 bits per heavy atom. The second-order valence-electron chi connectivity index (χ2n) is 16.3. The van der Waals surface area contributed by atoms with Crippen molar-refractivity contribution in [1.82, 2.24) is 39.5 Å². The number of nitrogens with one attached hydrogen (secondary N) is 3. The van der Waals surface area contributed by atoms with Gasteiger partial charge in [-0.05, 0) is 54.3 Å². The van der Waals surface area contributed by atoms with Crippen LogP contribution < -0.4 is 35.3 Å². The van der Waals surface area contributed by atoms with Crippen LogP contribution in [0.15, 0.2) is 41.3 Å². The van der Waals surface area contributed by atoms with Crippen LogP contribution in [-0.4, -0.2) is 154 Å². The van der Waals surface area contributed by atoms with Gasteiger partial charge in [0.05, 0.1) is 37.5 Å². The number of likely N-dealkylation sites (tertiary alicyclic amines) is 1. The Hall–Kier alpha value is -5.83. The minimum absolute atomic E-state index is 0.0532. The summed E-state index contributed by atoms with van der Waals surface area (Å²) >= 11 is 0. The van der Waals surface area contributed by atoms with E-state index in [2.05, 4.69) is 25.2 Å². The number of pyridine rings is 1. The summed E-state index contributed by atoms with van der Waals surface area (Å²) < 4.78 is 42.7. The lowest BCUT2D eigenvalue weighted by molar-refractivity contribution is -0.136. The number of aromatic nitrogens is 1. The molecule has 62 heavy (non-hydrogen) atoms. The first-order valence-corrected chi connectivity index (χ1v) is 22.2. The average Bonchev–Trinajstić information content (AvgIpc) is 3.50. The molecule has 0 saturated carbocycles. The number of amides is 6. The number of piperidine rings is 1. The van der Waals surface area contributed by atoms with Crippen LogP contribution in [0.4, 0.5) is 10.5 Å². The molecule has 3 fully saturated rings. The maximum absolute atomic E-state index is 13.3. The summed E-state index contributed by atoms with van der Waals surface area (Å²) in [4.78, 5) is 84.9. The van der Waals surface area contributed by atoms with Crippen molar-refractivity contribution in [1.29, 1.82) is 0 Å². The molecule has 330 valence electrons. The molecule has 20 heteroatoms. The zero-order valence-corrected chi connectivity index (χ0v) is 36.0. The molecule has 1 unspecified atom stereocenters. The lowest BCUT2D eigenvalue weighted by atomic mass is 9.91. The highest BCUT2D eigenvalue weighted by Gasteiger charge is 2.45. The minimum Gasteiger partial charge on any atom is -0.496 e. The van der Waals surface area contributed by atoms with E-state index in [0.717, 1.165) is 32.8 Å². The Labute approximate surface area is 358 Å². The molecule has 6 heterocycles. The number of piperazine rings is 1. The van der Waals surface area contributed by atoms with Gasteiger partial charge in [-0.3, -0.25) is 44.0 Å². The Morgan fingerprint density at radius 1 is 0.855 bits per heavy atom. The summed E-state index contributed by atoms with van der Waals surface area (Å²) in [6.45, 7) is 5.09. The minimum atomic E-state index is -3.59. The Balaban J connectivity index is 0.831. The van der Waals surface area contributed by atoms with Crippen molar-refractivity contribution in [3.8, 4) is 22.6 Å². The molecule has 5 aliphatic rings. The van der Waals surface area contributed by atoms with Crippen LogP contribution >= 0.6 is 0 Å². The number of rotatable bonds is 12. The van der Waals surface area contributed by atoms with E-state index in [1.807, 2.05) is 17.0 Å². The molecule has 2 aromatic carbocycles. The van der Waals surface area contributed by atoms with Crippen molar-refractivity contribution in [2.24, 2.45) is 7.05 Å². The number of imide groups is 2. The predicted octanol–water partition coefficient (Wildman–Crippen LogP) is 0.0940. The Morgan fingerprint density at radius 3 is 2.21 bits per heavy atom. The van der Waals surface area contributed by atoms with Crippen LogP contribution in [0.3, 0.4) is 0 Å². The van der Waals surface area contributed by atoms with Crippen molar-refractivity contribution in [2.45, 2.75) is 43.6 Å². The van der Waals surface area contributed by atoms with Crippen LogP contribution in [0, 0.1) is 0 Å². The quantitative estimate of drug-likeness (QED) is 0.207. The molecule has 0 spiro atoms. The van der Waals surface area contributed by atoms with Crippen LogP contribution in [0.5, 0.6) is 11.5 Å². The fraction of sp³-hybridized carbons (Fsp3) is 0.476. The molecule has 1 aromatic heterocycles. The van der Waals surface area contributed by atoms with E-state index >= 15 is 0 Å². The third-order valence-electron chi connectivity index (χ3n) is 12.6. The summed E-state index contributed by atoms with van der Waals surface area (Å²) in [5.74, 6) is -1.02. The molecule has 8 rings (SSSR count). The fourth-order valence-corrected chi connectivity index (χ4v) is 10.5. The molecular formula is C42H51N9O10S. The zero-order chi connectivity index (χ0) is 44.0. The number of carbonyl (C=O) groups is 5. The smallest absolute Gasteiger partial charge is 0.317 e. The highest BCUT2D eigenvalue weighted by atomic mass is 32.2. The number of sulfonamides is 1.